The van der Waals surface area contributed by atoms with Gasteiger partial charge in [-0.25, -0.2) is 0 Å². The van der Waals surface area contributed by atoms with Crippen LogP contribution in [0.2, 0.25) is 0 Å². The average molecular weight is 312 g/mol. The van der Waals surface area contributed by atoms with E-state index in [1.807, 2.05) is 24.3 Å². The number of hydrogen-bond donors (Lipinski definition) is 1. The van der Waals surface area contributed by atoms with Gasteiger partial charge in [-0.3, -0.25) is 9.78 Å². The molecule has 0 fully saturated rings. The Morgan fingerprint density at radius 3 is 2.65 bits per heavy atom. The van der Waals surface area contributed by atoms with E-state index < -0.39 is 0 Å². The number of ether oxygens (including phenoxy) is 1. The minimum Gasteiger partial charge on any atom is -0.494 e. The minimum atomic E-state index is -0.0941. The smallest absolute Gasteiger partial charge is 0.251 e. The maximum Gasteiger partial charge on any atom is 0.251 e. The molecular weight excluding hydrogens is 288 g/mol. The van der Waals surface area contributed by atoms with Gasteiger partial charge in [-0.2, -0.15) is 0 Å². The van der Waals surface area contributed by atoms with Crippen molar-refractivity contribution in [1.82, 2.24) is 10.3 Å². The second kappa shape index (κ2) is 9.62. The lowest BCUT2D eigenvalue weighted by Crippen LogP contribution is -2.22. The van der Waals surface area contributed by atoms with Crippen LogP contribution in [0.1, 0.15) is 48.5 Å². The van der Waals surface area contributed by atoms with Gasteiger partial charge in [0.15, 0.2) is 0 Å². The Labute approximate surface area is 137 Å². The molecule has 0 unspecified atom stereocenters. The molecule has 122 valence electrons. The van der Waals surface area contributed by atoms with Crippen LogP contribution in [0.3, 0.4) is 0 Å². The molecule has 1 aromatic carbocycles. The molecule has 0 spiro atoms. The summed E-state index contributed by atoms with van der Waals surface area (Å²) >= 11 is 0. The number of nitrogens with zero attached hydrogens (tertiary/aromatic N) is 1. The normalized spacial score (nSPS) is 10.3. The highest BCUT2D eigenvalue weighted by molar-refractivity contribution is 5.94. The number of aromatic nitrogens is 1. The summed E-state index contributed by atoms with van der Waals surface area (Å²) in [5.41, 5.74) is 1.61. The minimum absolute atomic E-state index is 0.0941. The Balaban J connectivity index is 1.76. The van der Waals surface area contributed by atoms with Gasteiger partial charge in [0.1, 0.15) is 5.75 Å². The lowest BCUT2D eigenvalue weighted by molar-refractivity contribution is 0.0951. The van der Waals surface area contributed by atoms with Crippen molar-refractivity contribution in [2.24, 2.45) is 0 Å². The van der Waals surface area contributed by atoms with Gasteiger partial charge in [0.2, 0.25) is 0 Å². The van der Waals surface area contributed by atoms with Gasteiger partial charge in [0.25, 0.3) is 5.91 Å². The number of pyridine rings is 1. The fourth-order valence-corrected chi connectivity index (χ4v) is 2.21. The quantitative estimate of drug-likeness (QED) is 0.713. The van der Waals surface area contributed by atoms with Gasteiger partial charge < -0.3 is 10.1 Å². The van der Waals surface area contributed by atoms with Crippen LogP contribution in [-0.4, -0.2) is 17.5 Å². The number of hydrogen-bond acceptors (Lipinski definition) is 3. The summed E-state index contributed by atoms with van der Waals surface area (Å²) in [4.78, 5) is 16.1. The summed E-state index contributed by atoms with van der Waals surface area (Å²) in [6, 6.07) is 11.1. The third-order valence-electron chi connectivity index (χ3n) is 3.56. The van der Waals surface area contributed by atoms with Crippen LogP contribution in [0.15, 0.2) is 48.8 Å². The summed E-state index contributed by atoms with van der Waals surface area (Å²) < 4.78 is 5.68. The molecule has 0 atom stereocenters. The Morgan fingerprint density at radius 1 is 1.13 bits per heavy atom. The van der Waals surface area contributed by atoms with E-state index in [1.165, 1.54) is 19.3 Å². The topological polar surface area (TPSA) is 51.2 Å². The Kier molecular flexibility index (Phi) is 7.11. The largest absolute Gasteiger partial charge is 0.494 e. The van der Waals surface area contributed by atoms with Crippen molar-refractivity contribution in [3.63, 3.8) is 0 Å². The number of unbranched alkanes of at least 4 members (excludes halogenated alkanes) is 3. The standard InChI is InChI=1S/C19H24N2O2/c1-2-3-4-5-13-23-18-10-8-17(9-11-18)19(22)21-15-16-7-6-12-20-14-16/h6-12,14H,2-5,13,15H2,1H3,(H,21,22). The van der Waals surface area contributed by atoms with Crippen molar-refractivity contribution in [3.8, 4) is 5.75 Å². The van der Waals surface area contributed by atoms with Gasteiger partial charge in [0.05, 0.1) is 6.61 Å². The maximum absolute atomic E-state index is 12.1. The summed E-state index contributed by atoms with van der Waals surface area (Å²) in [5.74, 6) is 0.716. The summed E-state index contributed by atoms with van der Waals surface area (Å²) in [6.45, 7) is 3.40. The summed E-state index contributed by atoms with van der Waals surface area (Å²) in [5, 5.41) is 2.88. The van der Waals surface area contributed by atoms with Crippen LogP contribution in [0.4, 0.5) is 0 Å². The highest BCUT2D eigenvalue weighted by atomic mass is 16.5. The Hall–Kier alpha value is -2.36. The maximum atomic E-state index is 12.1. The number of amides is 1. The predicted octanol–water partition coefficient (Wildman–Crippen LogP) is 3.97. The Morgan fingerprint density at radius 2 is 1.96 bits per heavy atom. The zero-order valence-corrected chi connectivity index (χ0v) is 13.6. The van der Waals surface area contributed by atoms with Crippen LogP contribution in [0.5, 0.6) is 5.75 Å². The molecule has 0 saturated carbocycles. The van der Waals surface area contributed by atoms with E-state index in [0.29, 0.717) is 12.1 Å². The predicted molar refractivity (Wildman–Crippen MR) is 91.5 cm³/mol. The van der Waals surface area contributed by atoms with E-state index in [9.17, 15) is 4.79 Å². The molecule has 0 radical (unpaired) electrons. The monoisotopic (exact) mass is 312 g/mol. The van der Waals surface area contributed by atoms with Crippen molar-refractivity contribution >= 4 is 5.91 Å². The van der Waals surface area contributed by atoms with Crippen molar-refractivity contribution < 1.29 is 9.53 Å². The van der Waals surface area contributed by atoms with E-state index in [4.69, 9.17) is 4.74 Å². The molecule has 0 aliphatic carbocycles. The molecule has 23 heavy (non-hydrogen) atoms. The highest BCUT2D eigenvalue weighted by Gasteiger charge is 2.05. The first-order valence-corrected chi connectivity index (χ1v) is 8.19. The van der Waals surface area contributed by atoms with E-state index in [2.05, 4.69) is 17.2 Å². The third kappa shape index (κ3) is 6.10. The molecular formula is C19H24N2O2. The molecule has 0 aliphatic rings. The van der Waals surface area contributed by atoms with Crippen molar-refractivity contribution in [2.75, 3.05) is 6.61 Å². The first-order chi connectivity index (χ1) is 11.3. The first-order valence-electron chi connectivity index (χ1n) is 8.19. The first kappa shape index (κ1) is 17.0. The second-order valence-electron chi connectivity index (χ2n) is 5.48. The van der Waals surface area contributed by atoms with Crippen LogP contribution in [0, 0.1) is 0 Å². The molecule has 1 N–H and O–H groups in total. The zero-order valence-electron chi connectivity index (χ0n) is 13.6. The number of nitrogens with one attached hydrogen (secondary N) is 1. The zero-order chi connectivity index (χ0) is 16.3. The van der Waals surface area contributed by atoms with Crippen LogP contribution >= 0.6 is 0 Å². The van der Waals surface area contributed by atoms with Gasteiger partial charge in [-0.1, -0.05) is 32.3 Å². The van der Waals surface area contributed by atoms with E-state index in [1.54, 1.807) is 24.5 Å². The molecule has 4 heteroatoms. The number of benzene rings is 1. The lowest BCUT2D eigenvalue weighted by Gasteiger charge is -2.08. The average Bonchev–Trinajstić information content (AvgIpc) is 2.61. The van der Waals surface area contributed by atoms with Gasteiger partial charge >= 0.3 is 0 Å². The molecule has 0 aliphatic heterocycles. The van der Waals surface area contributed by atoms with Gasteiger partial charge in [-0.05, 0) is 42.3 Å². The molecule has 1 heterocycles. The fourth-order valence-electron chi connectivity index (χ4n) is 2.21. The molecule has 1 amide bonds. The summed E-state index contributed by atoms with van der Waals surface area (Å²) in [7, 11) is 0. The van der Waals surface area contributed by atoms with Crippen LogP contribution in [0.25, 0.3) is 0 Å². The third-order valence-corrected chi connectivity index (χ3v) is 3.56. The number of carbonyl (C=O) groups excluding carboxylic acids is 1. The molecule has 0 bridgehead atoms. The number of carbonyl (C=O) groups is 1. The lowest BCUT2D eigenvalue weighted by atomic mass is 10.2. The molecule has 2 aromatic rings. The van der Waals surface area contributed by atoms with Gasteiger partial charge in [-0.15, -0.1) is 0 Å². The second-order valence-corrected chi connectivity index (χ2v) is 5.48. The fraction of sp³-hybridized carbons (Fsp3) is 0.368. The molecule has 0 saturated heterocycles. The molecule has 4 nitrogen and oxygen atoms in total. The molecule has 2 rings (SSSR count). The van der Waals surface area contributed by atoms with Crippen molar-refractivity contribution in [2.45, 2.75) is 39.2 Å². The van der Waals surface area contributed by atoms with E-state index in [0.717, 1.165) is 24.3 Å². The van der Waals surface area contributed by atoms with E-state index >= 15 is 0 Å². The van der Waals surface area contributed by atoms with Crippen LogP contribution in [-0.2, 0) is 6.54 Å². The van der Waals surface area contributed by atoms with Crippen molar-refractivity contribution in [3.05, 3.63) is 59.9 Å². The van der Waals surface area contributed by atoms with E-state index in [-0.39, 0.29) is 5.91 Å². The number of rotatable bonds is 9. The SMILES string of the molecule is CCCCCCOc1ccc(C(=O)NCc2cccnc2)cc1. The van der Waals surface area contributed by atoms with Gasteiger partial charge in [0, 0.05) is 24.5 Å². The Bertz CT molecular complexity index is 582. The summed E-state index contributed by atoms with van der Waals surface area (Å²) in [6.07, 6.45) is 8.21. The highest BCUT2D eigenvalue weighted by Crippen LogP contribution is 2.13. The van der Waals surface area contributed by atoms with Crippen LogP contribution < -0.4 is 10.1 Å². The molecule has 1 aromatic heterocycles. The van der Waals surface area contributed by atoms with Crippen molar-refractivity contribution in [1.29, 1.82) is 0 Å².